The Labute approximate surface area is 93.0 Å². The van der Waals surface area contributed by atoms with Gasteiger partial charge in [0.25, 0.3) is 5.91 Å². The van der Waals surface area contributed by atoms with Crippen LogP contribution in [0.15, 0.2) is 24.3 Å². The summed E-state index contributed by atoms with van der Waals surface area (Å²) in [5.41, 5.74) is 11.6. The van der Waals surface area contributed by atoms with E-state index in [-0.39, 0.29) is 11.9 Å². The van der Waals surface area contributed by atoms with Gasteiger partial charge in [0, 0.05) is 30.3 Å². The SMILES string of the molecule is NC(=O)c1cccc(C(=O)N2CC(N)C2)c1. The lowest BCUT2D eigenvalue weighted by atomic mass is 10.1. The molecule has 16 heavy (non-hydrogen) atoms. The third-order valence-corrected chi connectivity index (χ3v) is 2.59. The van der Waals surface area contributed by atoms with Crippen molar-refractivity contribution in [1.29, 1.82) is 0 Å². The minimum absolute atomic E-state index is 0.0725. The number of carbonyl (C=O) groups is 2. The van der Waals surface area contributed by atoms with Gasteiger partial charge < -0.3 is 16.4 Å². The summed E-state index contributed by atoms with van der Waals surface area (Å²) in [5.74, 6) is -0.639. The summed E-state index contributed by atoms with van der Waals surface area (Å²) in [5, 5.41) is 0. The van der Waals surface area contributed by atoms with Crippen LogP contribution in [0.4, 0.5) is 0 Å². The van der Waals surface area contributed by atoms with Gasteiger partial charge in [0.1, 0.15) is 0 Å². The van der Waals surface area contributed by atoms with Gasteiger partial charge in [-0.2, -0.15) is 0 Å². The monoisotopic (exact) mass is 219 g/mol. The second kappa shape index (κ2) is 3.94. The van der Waals surface area contributed by atoms with Gasteiger partial charge in [-0.15, -0.1) is 0 Å². The Kier molecular flexibility index (Phi) is 2.62. The summed E-state index contributed by atoms with van der Waals surface area (Å²) in [7, 11) is 0. The molecule has 1 aliphatic rings. The van der Waals surface area contributed by atoms with Crippen molar-refractivity contribution in [2.75, 3.05) is 13.1 Å². The molecule has 84 valence electrons. The number of nitrogens with zero attached hydrogens (tertiary/aromatic N) is 1. The van der Waals surface area contributed by atoms with Crippen molar-refractivity contribution in [3.63, 3.8) is 0 Å². The van der Waals surface area contributed by atoms with Crippen LogP contribution in [0.1, 0.15) is 20.7 Å². The van der Waals surface area contributed by atoms with Crippen LogP contribution in [0, 0.1) is 0 Å². The van der Waals surface area contributed by atoms with E-state index in [1.165, 1.54) is 6.07 Å². The zero-order valence-electron chi connectivity index (χ0n) is 8.72. The first-order valence-corrected chi connectivity index (χ1v) is 5.02. The van der Waals surface area contributed by atoms with E-state index >= 15 is 0 Å². The van der Waals surface area contributed by atoms with E-state index < -0.39 is 5.91 Å². The summed E-state index contributed by atoms with van der Waals surface area (Å²) in [6, 6.07) is 6.48. The molecule has 2 rings (SSSR count). The van der Waals surface area contributed by atoms with Gasteiger partial charge in [-0.1, -0.05) is 6.07 Å². The van der Waals surface area contributed by atoms with Crippen LogP contribution in [0.25, 0.3) is 0 Å². The summed E-state index contributed by atoms with van der Waals surface area (Å²) in [6.45, 7) is 1.14. The smallest absolute Gasteiger partial charge is 0.253 e. The average Bonchev–Trinajstić information content (AvgIpc) is 2.24. The summed E-state index contributed by atoms with van der Waals surface area (Å²) < 4.78 is 0. The minimum atomic E-state index is -0.532. The molecule has 5 nitrogen and oxygen atoms in total. The molecule has 1 aromatic rings. The number of hydrogen-bond donors (Lipinski definition) is 2. The van der Waals surface area contributed by atoms with E-state index in [2.05, 4.69) is 0 Å². The molecular formula is C11H13N3O2. The fourth-order valence-corrected chi connectivity index (χ4v) is 1.67. The Morgan fingerprint density at radius 2 is 1.88 bits per heavy atom. The molecule has 0 atom stereocenters. The highest BCUT2D eigenvalue weighted by Gasteiger charge is 2.28. The quantitative estimate of drug-likeness (QED) is 0.707. The number of benzene rings is 1. The molecule has 1 saturated heterocycles. The van der Waals surface area contributed by atoms with Crippen molar-refractivity contribution in [3.8, 4) is 0 Å². The van der Waals surface area contributed by atoms with Crippen LogP contribution in [0.2, 0.25) is 0 Å². The van der Waals surface area contributed by atoms with Gasteiger partial charge in [-0.3, -0.25) is 9.59 Å². The lowest BCUT2D eigenvalue weighted by Crippen LogP contribution is -2.57. The number of amides is 2. The van der Waals surface area contributed by atoms with Gasteiger partial charge in [-0.05, 0) is 18.2 Å². The number of likely N-dealkylation sites (tertiary alicyclic amines) is 1. The molecule has 5 heteroatoms. The first-order valence-electron chi connectivity index (χ1n) is 5.02. The normalized spacial score (nSPS) is 15.7. The number of hydrogen-bond acceptors (Lipinski definition) is 3. The summed E-state index contributed by atoms with van der Waals surface area (Å²) in [6.07, 6.45) is 0. The van der Waals surface area contributed by atoms with E-state index in [9.17, 15) is 9.59 Å². The second-order valence-corrected chi connectivity index (χ2v) is 3.92. The molecular weight excluding hydrogens is 206 g/mol. The maximum Gasteiger partial charge on any atom is 0.253 e. The molecule has 1 aromatic carbocycles. The zero-order chi connectivity index (χ0) is 11.7. The van der Waals surface area contributed by atoms with E-state index in [4.69, 9.17) is 11.5 Å². The van der Waals surface area contributed by atoms with Crippen molar-refractivity contribution in [1.82, 2.24) is 4.90 Å². The molecule has 1 heterocycles. The molecule has 0 saturated carbocycles. The lowest BCUT2D eigenvalue weighted by molar-refractivity contribution is 0.0608. The number of carbonyl (C=O) groups excluding carboxylic acids is 2. The first kappa shape index (κ1) is 10.6. The molecule has 2 amide bonds. The Morgan fingerprint density at radius 3 is 2.44 bits per heavy atom. The first-order chi connectivity index (χ1) is 7.58. The number of primary amides is 1. The zero-order valence-corrected chi connectivity index (χ0v) is 8.72. The highest BCUT2D eigenvalue weighted by Crippen LogP contribution is 2.13. The molecule has 4 N–H and O–H groups in total. The van der Waals surface area contributed by atoms with Gasteiger partial charge in [0.15, 0.2) is 0 Å². The van der Waals surface area contributed by atoms with Gasteiger partial charge >= 0.3 is 0 Å². The summed E-state index contributed by atoms with van der Waals surface area (Å²) in [4.78, 5) is 24.5. The highest BCUT2D eigenvalue weighted by molar-refractivity contribution is 5.99. The Balaban J connectivity index is 2.17. The Bertz CT molecular complexity index is 439. The second-order valence-electron chi connectivity index (χ2n) is 3.92. The maximum absolute atomic E-state index is 11.9. The van der Waals surface area contributed by atoms with E-state index in [0.717, 1.165) is 0 Å². The van der Waals surface area contributed by atoms with E-state index in [1.54, 1.807) is 23.1 Å². The Hall–Kier alpha value is -1.88. The van der Waals surface area contributed by atoms with Gasteiger partial charge in [-0.25, -0.2) is 0 Å². The summed E-state index contributed by atoms with van der Waals surface area (Å²) >= 11 is 0. The van der Waals surface area contributed by atoms with Crippen molar-refractivity contribution in [2.45, 2.75) is 6.04 Å². The number of nitrogens with two attached hydrogens (primary N) is 2. The van der Waals surface area contributed by atoms with Crippen molar-refractivity contribution >= 4 is 11.8 Å². The van der Waals surface area contributed by atoms with Gasteiger partial charge in [0.05, 0.1) is 0 Å². The third kappa shape index (κ3) is 1.90. The maximum atomic E-state index is 11.9. The third-order valence-electron chi connectivity index (χ3n) is 2.59. The van der Waals surface area contributed by atoms with Crippen LogP contribution >= 0.6 is 0 Å². The molecule has 0 aliphatic carbocycles. The predicted molar refractivity (Wildman–Crippen MR) is 58.8 cm³/mol. The topological polar surface area (TPSA) is 89.4 Å². The minimum Gasteiger partial charge on any atom is -0.366 e. The van der Waals surface area contributed by atoms with E-state index in [1.807, 2.05) is 0 Å². The molecule has 1 fully saturated rings. The van der Waals surface area contributed by atoms with Crippen LogP contribution in [-0.2, 0) is 0 Å². The molecule has 0 spiro atoms. The molecule has 0 bridgehead atoms. The van der Waals surface area contributed by atoms with Crippen LogP contribution < -0.4 is 11.5 Å². The predicted octanol–water partition coefficient (Wildman–Crippen LogP) is -0.431. The van der Waals surface area contributed by atoms with Crippen LogP contribution in [0.5, 0.6) is 0 Å². The fourth-order valence-electron chi connectivity index (χ4n) is 1.67. The highest BCUT2D eigenvalue weighted by atomic mass is 16.2. The van der Waals surface area contributed by atoms with Crippen LogP contribution in [0.3, 0.4) is 0 Å². The van der Waals surface area contributed by atoms with Crippen molar-refractivity contribution in [2.24, 2.45) is 11.5 Å². The molecule has 0 unspecified atom stereocenters. The Morgan fingerprint density at radius 1 is 1.25 bits per heavy atom. The molecule has 0 aromatic heterocycles. The lowest BCUT2D eigenvalue weighted by Gasteiger charge is -2.36. The molecule has 0 radical (unpaired) electrons. The van der Waals surface area contributed by atoms with Gasteiger partial charge in [0.2, 0.25) is 5.91 Å². The van der Waals surface area contributed by atoms with Crippen LogP contribution in [-0.4, -0.2) is 35.8 Å². The standard InChI is InChI=1S/C11H13N3O2/c12-9-5-14(6-9)11(16)8-3-1-2-7(4-8)10(13)15/h1-4,9H,5-6,12H2,(H2,13,15). The van der Waals surface area contributed by atoms with E-state index in [0.29, 0.717) is 24.2 Å². The molecule has 1 aliphatic heterocycles. The average molecular weight is 219 g/mol. The largest absolute Gasteiger partial charge is 0.366 e. The number of rotatable bonds is 2. The van der Waals surface area contributed by atoms with Crippen molar-refractivity contribution < 1.29 is 9.59 Å². The van der Waals surface area contributed by atoms with Crippen molar-refractivity contribution in [3.05, 3.63) is 35.4 Å². The fraction of sp³-hybridized carbons (Fsp3) is 0.273.